The average Bonchev–Trinajstić information content (AvgIpc) is 2.66. The number of aliphatic carboxylic acids is 1. The zero-order valence-electron chi connectivity index (χ0n) is 16.1. The van der Waals surface area contributed by atoms with Gasteiger partial charge in [0.1, 0.15) is 0 Å². The number of hydrogen-bond acceptors (Lipinski definition) is 3. The van der Waals surface area contributed by atoms with Crippen molar-refractivity contribution in [3.63, 3.8) is 0 Å². The summed E-state index contributed by atoms with van der Waals surface area (Å²) in [5.41, 5.74) is 2.16. The Hall–Kier alpha value is -3.15. The van der Waals surface area contributed by atoms with E-state index in [2.05, 4.69) is 24.5 Å². The van der Waals surface area contributed by atoms with Gasteiger partial charge in [-0.3, -0.25) is 14.4 Å². The molecule has 0 aliphatic heterocycles. The Morgan fingerprint density at radius 1 is 0.964 bits per heavy atom. The molecule has 0 saturated carbocycles. The van der Waals surface area contributed by atoms with E-state index in [0.29, 0.717) is 23.6 Å². The van der Waals surface area contributed by atoms with E-state index in [1.807, 2.05) is 30.3 Å². The highest BCUT2D eigenvalue weighted by Gasteiger charge is 2.19. The lowest BCUT2D eigenvalue weighted by Crippen LogP contribution is -2.26. The number of anilines is 1. The predicted molar refractivity (Wildman–Crippen MR) is 108 cm³/mol. The van der Waals surface area contributed by atoms with Crippen LogP contribution in [0.5, 0.6) is 0 Å². The molecule has 1 atom stereocenters. The first-order chi connectivity index (χ1) is 13.4. The maximum atomic E-state index is 12.5. The van der Waals surface area contributed by atoms with Gasteiger partial charge >= 0.3 is 5.97 Å². The smallest absolute Gasteiger partial charge is 0.305 e. The van der Waals surface area contributed by atoms with Crippen molar-refractivity contribution in [2.75, 3.05) is 11.9 Å². The van der Waals surface area contributed by atoms with Gasteiger partial charge in [0, 0.05) is 24.2 Å². The van der Waals surface area contributed by atoms with Crippen LogP contribution in [-0.2, 0) is 9.59 Å². The van der Waals surface area contributed by atoms with Gasteiger partial charge in [-0.1, -0.05) is 44.2 Å². The summed E-state index contributed by atoms with van der Waals surface area (Å²) in [4.78, 5) is 34.9. The first-order valence-corrected chi connectivity index (χ1v) is 9.31. The van der Waals surface area contributed by atoms with E-state index in [1.165, 1.54) is 0 Å². The summed E-state index contributed by atoms with van der Waals surface area (Å²) in [7, 11) is 0. The fourth-order valence-electron chi connectivity index (χ4n) is 2.94. The number of benzene rings is 2. The normalized spacial score (nSPS) is 11.7. The predicted octanol–water partition coefficient (Wildman–Crippen LogP) is 3.66. The Balaban J connectivity index is 1.93. The van der Waals surface area contributed by atoms with Crippen LogP contribution < -0.4 is 10.6 Å². The summed E-state index contributed by atoms with van der Waals surface area (Å²) in [6.45, 7) is 4.27. The second-order valence-electron chi connectivity index (χ2n) is 6.99. The molecule has 2 aromatic rings. The molecular formula is C22H26N2O4. The Kier molecular flexibility index (Phi) is 7.75. The molecule has 3 N–H and O–H groups in total. The quantitative estimate of drug-likeness (QED) is 0.617. The number of carbonyl (C=O) groups is 3. The molecule has 28 heavy (non-hydrogen) atoms. The lowest BCUT2D eigenvalue weighted by atomic mass is 9.85. The molecule has 1 unspecified atom stereocenters. The lowest BCUT2D eigenvalue weighted by molar-refractivity contribution is -0.136. The molecule has 0 aromatic heterocycles. The Labute approximate surface area is 165 Å². The number of carboxylic acid groups (broad SMARTS) is 1. The second kappa shape index (κ2) is 10.3. The third-order valence-electron chi connectivity index (χ3n) is 4.49. The molecular weight excluding hydrogens is 356 g/mol. The zero-order chi connectivity index (χ0) is 20.5. The molecule has 148 valence electrons. The van der Waals surface area contributed by atoms with Crippen molar-refractivity contribution in [3.8, 4) is 0 Å². The lowest BCUT2D eigenvalue weighted by Gasteiger charge is -2.21. The number of nitrogens with one attached hydrogen (secondary N) is 2. The van der Waals surface area contributed by atoms with Gasteiger partial charge in [0.15, 0.2) is 0 Å². The summed E-state index contributed by atoms with van der Waals surface area (Å²) in [5.74, 6) is -0.941. The highest BCUT2D eigenvalue weighted by atomic mass is 16.4. The van der Waals surface area contributed by atoms with Crippen molar-refractivity contribution in [3.05, 3.63) is 65.7 Å². The summed E-state index contributed by atoms with van der Waals surface area (Å²) in [5, 5.41) is 14.0. The molecule has 0 spiro atoms. The molecule has 0 aliphatic carbocycles. The van der Waals surface area contributed by atoms with Crippen LogP contribution in [-0.4, -0.2) is 29.4 Å². The van der Waals surface area contributed by atoms with E-state index in [4.69, 9.17) is 5.11 Å². The summed E-state index contributed by atoms with van der Waals surface area (Å²) in [6.07, 6.45) is 0.247. The largest absolute Gasteiger partial charge is 0.481 e. The number of amides is 2. The van der Waals surface area contributed by atoms with Crippen molar-refractivity contribution >= 4 is 23.5 Å². The van der Waals surface area contributed by atoms with Crippen LogP contribution >= 0.6 is 0 Å². The van der Waals surface area contributed by atoms with E-state index >= 15 is 0 Å². The third kappa shape index (κ3) is 6.54. The maximum absolute atomic E-state index is 12.5. The summed E-state index contributed by atoms with van der Waals surface area (Å²) >= 11 is 0. The van der Waals surface area contributed by atoms with Crippen LogP contribution in [0.15, 0.2) is 54.6 Å². The van der Waals surface area contributed by atoms with Gasteiger partial charge in [-0.25, -0.2) is 0 Å². The Morgan fingerprint density at radius 2 is 1.61 bits per heavy atom. The van der Waals surface area contributed by atoms with Gasteiger partial charge < -0.3 is 15.7 Å². The van der Waals surface area contributed by atoms with E-state index in [-0.39, 0.29) is 30.7 Å². The molecule has 6 nitrogen and oxygen atoms in total. The molecule has 0 aliphatic rings. The minimum absolute atomic E-state index is 0.0722. The molecule has 0 fully saturated rings. The molecule has 6 heteroatoms. The van der Waals surface area contributed by atoms with Crippen molar-refractivity contribution in [1.29, 1.82) is 0 Å². The number of rotatable bonds is 9. The van der Waals surface area contributed by atoms with Gasteiger partial charge in [-0.15, -0.1) is 0 Å². The average molecular weight is 382 g/mol. The van der Waals surface area contributed by atoms with Crippen molar-refractivity contribution < 1.29 is 19.5 Å². The first-order valence-electron chi connectivity index (χ1n) is 9.31. The standard InChI is InChI=1S/C22H26N2O4/c1-15(2)19(16-6-4-3-5-7-16)14-20(25)24-18-10-8-17(9-11-18)22(28)23-13-12-21(26)27/h3-11,15,19H,12-14H2,1-2H3,(H,23,28)(H,24,25)(H,26,27). The minimum Gasteiger partial charge on any atom is -0.481 e. The van der Waals surface area contributed by atoms with Crippen LogP contribution in [0, 0.1) is 5.92 Å². The van der Waals surface area contributed by atoms with Crippen LogP contribution in [0.25, 0.3) is 0 Å². The van der Waals surface area contributed by atoms with E-state index in [0.717, 1.165) is 5.56 Å². The minimum atomic E-state index is -0.964. The van der Waals surface area contributed by atoms with Crippen molar-refractivity contribution in [2.45, 2.75) is 32.6 Å². The van der Waals surface area contributed by atoms with Gasteiger partial charge in [0.2, 0.25) is 5.91 Å². The monoisotopic (exact) mass is 382 g/mol. The summed E-state index contributed by atoms with van der Waals surface area (Å²) in [6, 6.07) is 16.5. The third-order valence-corrected chi connectivity index (χ3v) is 4.49. The zero-order valence-corrected chi connectivity index (χ0v) is 16.1. The highest BCUT2D eigenvalue weighted by molar-refractivity contribution is 5.96. The molecule has 0 saturated heterocycles. The van der Waals surface area contributed by atoms with Crippen LogP contribution in [0.3, 0.4) is 0 Å². The van der Waals surface area contributed by atoms with Crippen LogP contribution in [0.4, 0.5) is 5.69 Å². The summed E-state index contributed by atoms with van der Waals surface area (Å²) < 4.78 is 0. The highest BCUT2D eigenvalue weighted by Crippen LogP contribution is 2.28. The van der Waals surface area contributed by atoms with Gasteiger partial charge in [0.25, 0.3) is 5.91 Å². The fraction of sp³-hybridized carbons (Fsp3) is 0.318. The Bertz CT molecular complexity index is 801. The van der Waals surface area contributed by atoms with Crippen LogP contribution in [0.1, 0.15) is 48.5 Å². The van der Waals surface area contributed by atoms with Crippen molar-refractivity contribution in [2.24, 2.45) is 5.92 Å². The molecule has 2 rings (SSSR count). The topological polar surface area (TPSA) is 95.5 Å². The second-order valence-corrected chi connectivity index (χ2v) is 6.99. The molecule has 2 aromatic carbocycles. The van der Waals surface area contributed by atoms with E-state index in [9.17, 15) is 14.4 Å². The fourth-order valence-corrected chi connectivity index (χ4v) is 2.94. The maximum Gasteiger partial charge on any atom is 0.305 e. The molecule has 0 heterocycles. The number of carboxylic acids is 1. The number of hydrogen-bond donors (Lipinski definition) is 3. The molecule has 2 amide bonds. The first kappa shape index (κ1) is 21.2. The molecule has 0 radical (unpaired) electrons. The van der Waals surface area contributed by atoms with Crippen molar-refractivity contribution in [1.82, 2.24) is 5.32 Å². The van der Waals surface area contributed by atoms with Gasteiger partial charge in [-0.05, 0) is 41.7 Å². The van der Waals surface area contributed by atoms with Gasteiger partial charge in [0.05, 0.1) is 6.42 Å². The van der Waals surface area contributed by atoms with Crippen LogP contribution in [0.2, 0.25) is 0 Å². The SMILES string of the molecule is CC(C)C(CC(=O)Nc1ccc(C(=O)NCCC(=O)O)cc1)c1ccccc1. The van der Waals surface area contributed by atoms with E-state index in [1.54, 1.807) is 24.3 Å². The Morgan fingerprint density at radius 3 is 2.18 bits per heavy atom. The molecule has 0 bridgehead atoms. The number of carbonyl (C=O) groups excluding carboxylic acids is 2. The van der Waals surface area contributed by atoms with Gasteiger partial charge in [-0.2, -0.15) is 0 Å². The van der Waals surface area contributed by atoms with E-state index < -0.39 is 5.97 Å².